The van der Waals surface area contributed by atoms with E-state index < -0.39 is 10.7 Å². The number of carbonyl (C=O) groups excluding carboxylic acids is 4. The largest absolute Gasteiger partial charge is 0.494 e. The SMILES string of the molecule is CCOc1ccc(NC2SC(=O)N(Cc3ccc(CN4C(=O)SC(Nc5ccc(OCC)cc5)C4=O)cc3)C2=O)cc1. The van der Waals surface area contributed by atoms with Gasteiger partial charge < -0.3 is 20.1 Å². The van der Waals surface area contributed by atoms with Gasteiger partial charge in [-0.3, -0.25) is 29.0 Å². The number of nitrogens with zero attached hydrogens (tertiary/aromatic N) is 2. The molecule has 2 fully saturated rings. The lowest BCUT2D eigenvalue weighted by molar-refractivity contribution is -0.127. The van der Waals surface area contributed by atoms with Crippen molar-refractivity contribution in [2.24, 2.45) is 0 Å². The first-order valence-corrected chi connectivity index (χ1v) is 15.2. The number of amides is 4. The number of rotatable bonds is 12. The van der Waals surface area contributed by atoms with Crippen LogP contribution in [0.1, 0.15) is 25.0 Å². The molecular formula is C30H30N4O6S2. The number of carbonyl (C=O) groups is 4. The summed E-state index contributed by atoms with van der Waals surface area (Å²) in [5.41, 5.74) is 2.94. The fraction of sp³-hybridized carbons (Fsp3) is 0.267. The maximum absolute atomic E-state index is 13.0. The highest BCUT2D eigenvalue weighted by atomic mass is 32.2. The predicted molar refractivity (Wildman–Crippen MR) is 164 cm³/mol. The van der Waals surface area contributed by atoms with Crippen molar-refractivity contribution in [1.29, 1.82) is 0 Å². The third-order valence-electron chi connectivity index (χ3n) is 6.49. The summed E-state index contributed by atoms with van der Waals surface area (Å²) in [4.78, 5) is 53.6. The fourth-order valence-electron chi connectivity index (χ4n) is 4.41. The van der Waals surface area contributed by atoms with E-state index in [1.54, 1.807) is 72.8 Å². The molecule has 0 aromatic heterocycles. The van der Waals surface area contributed by atoms with Crippen LogP contribution in [0.3, 0.4) is 0 Å². The van der Waals surface area contributed by atoms with E-state index in [0.29, 0.717) is 24.6 Å². The zero-order valence-electron chi connectivity index (χ0n) is 23.1. The monoisotopic (exact) mass is 606 g/mol. The van der Waals surface area contributed by atoms with Crippen LogP contribution in [0, 0.1) is 0 Å². The summed E-state index contributed by atoms with van der Waals surface area (Å²) < 4.78 is 10.9. The van der Waals surface area contributed by atoms with Crippen LogP contribution in [0.4, 0.5) is 21.0 Å². The summed E-state index contributed by atoms with van der Waals surface area (Å²) in [7, 11) is 0. The van der Waals surface area contributed by atoms with Crippen molar-refractivity contribution < 1.29 is 28.7 Å². The van der Waals surface area contributed by atoms with E-state index >= 15 is 0 Å². The van der Waals surface area contributed by atoms with E-state index in [1.807, 2.05) is 13.8 Å². The topological polar surface area (TPSA) is 117 Å². The van der Waals surface area contributed by atoms with Crippen molar-refractivity contribution in [2.75, 3.05) is 23.8 Å². The van der Waals surface area contributed by atoms with Gasteiger partial charge in [-0.05, 0) is 97.0 Å². The molecule has 42 heavy (non-hydrogen) atoms. The van der Waals surface area contributed by atoms with Gasteiger partial charge >= 0.3 is 0 Å². The maximum Gasteiger partial charge on any atom is 0.291 e. The van der Waals surface area contributed by atoms with Gasteiger partial charge in [-0.25, -0.2) is 0 Å². The van der Waals surface area contributed by atoms with Crippen molar-refractivity contribution in [1.82, 2.24) is 9.80 Å². The van der Waals surface area contributed by atoms with Crippen molar-refractivity contribution in [3.63, 3.8) is 0 Å². The van der Waals surface area contributed by atoms with Crippen LogP contribution in [0.25, 0.3) is 0 Å². The average molecular weight is 607 g/mol. The minimum Gasteiger partial charge on any atom is -0.494 e. The molecule has 2 aliphatic rings. The fourth-order valence-corrected chi connectivity index (χ4v) is 6.22. The van der Waals surface area contributed by atoms with Crippen LogP contribution in [0.2, 0.25) is 0 Å². The summed E-state index contributed by atoms with van der Waals surface area (Å²) in [5, 5.41) is 4.11. The van der Waals surface area contributed by atoms with Gasteiger partial charge in [0.2, 0.25) is 0 Å². The normalized spacial score (nSPS) is 18.5. The molecule has 12 heteroatoms. The van der Waals surface area contributed by atoms with E-state index in [4.69, 9.17) is 9.47 Å². The number of thioether (sulfide) groups is 2. The Balaban J connectivity index is 1.15. The lowest BCUT2D eigenvalue weighted by atomic mass is 10.1. The third kappa shape index (κ3) is 6.82. The number of nitrogens with one attached hydrogen (secondary N) is 2. The molecule has 4 amide bonds. The molecule has 2 aliphatic heterocycles. The van der Waals surface area contributed by atoms with Gasteiger partial charge in [-0.15, -0.1) is 0 Å². The van der Waals surface area contributed by atoms with Gasteiger partial charge in [0.15, 0.2) is 10.7 Å². The van der Waals surface area contributed by atoms with Crippen LogP contribution >= 0.6 is 23.5 Å². The standard InChI is InChI=1S/C30H30N4O6S2/c1-3-39-23-13-9-21(10-14-23)31-25-27(35)33(29(37)41-25)17-19-5-7-20(8-6-19)18-34-28(36)26(42-30(34)38)32-22-11-15-24(16-12-22)40-4-2/h5-16,25-26,31-32H,3-4,17-18H2,1-2H3. The second-order valence-corrected chi connectivity index (χ2v) is 11.5. The number of hydrogen-bond donors (Lipinski definition) is 2. The molecule has 218 valence electrons. The van der Waals surface area contributed by atoms with Crippen LogP contribution in [-0.2, 0) is 22.7 Å². The Kier molecular flexibility index (Phi) is 9.23. The number of anilines is 2. The summed E-state index contributed by atoms with van der Waals surface area (Å²) >= 11 is 1.88. The highest BCUT2D eigenvalue weighted by molar-refractivity contribution is 8.15. The lowest BCUT2D eigenvalue weighted by Crippen LogP contribution is -2.34. The highest BCUT2D eigenvalue weighted by Crippen LogP contribution is 2.32. The Morgan fingerprint density at radius 1 is 0.595 bits per heavy atom. The van der Waals surface area contributed by atoms with Gasteiger partial charge in [-0.2, -0.15) is 0 Å². The molecule has 0 bridgehead atoms. The molecule has 3 aromatic carbocycles. The molecule has 0 radical (unpaired) electrons. The molecular weight excluding hydrogens is 576 g/mol. The molecule has 2 heterocycles. The summed E-state index contributed by atoms with van der Waals surface area (Å²) in [6, 6.07) is 21.6. The summed E-state index contributed by atoms with van der Waals surface area (Å²) in [6.07, 6.45) is 0. The van der Waals surface area contributed by atoms with Gasteiger partial charge in [0, 0.05) is 11.4 Å². The van der Waals surface area contributed by atoms with Crippen LogP contribution in [0.5, 0.6) is 11.5 Å². The summed E-state index contributed by atoms with van der Waals surface area (Å²) in [5.74, 6) is 0.818. The zero-order valence-corrected chi connectivity index (χ0v) is 24.7. The van der Waals surface area contributed by atoms with Crippen molar-refractivity contribution in [3.8, 4) is 11.5 Å². The van der Waals surface area contributed by atoms with Gasteiger partial charge in [0.1, 0.15) is 11.5 Å². The zero-order chi connectivity index (χ0) is 29.6. The van der Waals surface area contributed by atoms with Crippen molar-refractivity contribution in [2.45, 2.75) is 37.7 Å². The Morgan fingerprint density at radius 3 is 1.29 bits per heavy atom. The minimum absolute atomic E-state index is 0.123. The number of imide groups is 2. The predicted octanol–water partition coefficient (Wildman–Crippen LogP) is 5.75. The Bertz CT molecular complexity index is 1340. The number of benzene rings is 3. The second-order valence-electron chi connectivity index (χ2n) is 9.40. The quantitative estimate of drug-likeness (QED) is 0.264. The first-order valence-electron chi connectivity index (χ1n) is 13.4. The Hall–Kier alpha value is -4.16. The van der Waals surface area contributed by atoms with Crippen LogP contribution in [-0.4, -0.2) is 56.1 Å². The molecule has 3 aromatic rings. The average Bonchev–Trinajstić information content (AvgIpc) is 3.40. The molecule has 10 nitrogen and oxygen atoms in total. The first kappa shape index (κ1) is 29.3. The van der Waals surface area contributed by atoms with E-state index in [-0.39, 0.29) is 35.4 Å². The smallest absolute Gasteiger partial charge is 0.291 e. The summed E-state index contributed by atoms with van der Waals surface area (Å²) in [6.45, 7) is 5.18. The molecule has 0 saturated carbocycles. The molecule has 2 unspecified atom stereocenters. The van der Waals surface area contributed by atoms with Gasteiger partial charge in [-0.1, -0.05) is 24.3 Å². The van der Waals surface area contributed by atoms with E-state index in [0.717, 1.165) is 46.1 Å². The lowest BCUT2D eigenvalue weighted by Gasteiger charge is -2.17. The van der Waals surface area contributed by atoms with Crippen LogP contribution < -0.4 is 20.1 Å². The Labute approximate surface area is 252 Å². The molecule has 2 atom stereocenters. The highest BCUT2D eigenvalue weighted by Gasteiger charge is 2.41. The maximum atomic E-state index is 13.0. The molecule has 2 saturated heterocycles. The molecule has 0 spiro atoms. The van der Waals surface area contributed by atoms with Gasteiger partial charge in [0.25, 0.3) is 22.3 Å². The van der Waals surface area contributed by atoms with E-state index in [1.165, 1.54) is 9.80 Å². The Morgan fingerprint density at radius 2 is 0.952 bits per heavy atom. The molecule has 0 aliphatic carbocycles. The second kappa shape index (κ2) is 13.2. The van der Waals surface area contributed by atoms with Crippen molar-refractivity contribution >= 4 is 57.2 Å². The molecule has 5 rings (SSSR count). The molecule has 2 N–H and O–H groups in total. The van der Waals surface area contributed by atoms with E-state index in [2.05, 4.69) is 10.6 Å². The number of ether oxygens (including phenoxy) is 2. The first-order chi connectivity index (χ1) is 20.3. The van der Waals surface area contributed by atoms with Crippen LogP contribution in [0.15, 0.2) is 72.8 Å². The number of hydrogen-bond acceptors (Lipinski definition) is 10. The third-order valence-corrected chi connectivity index (χ3v) is 8.44. The van der Waals surface area contributed by atoms with Gasteiger partial charge in [0.05, 0.1) is 26.3 Å². The van der Waals surface area contributed by atoms with Crippen molar-refractivity contribution in [3.05, 3.63) is 83.9 Å². The minimum atomic E-state index is -0.719. The van der Waals surface area contributed by atoms with E-state index in [9.17, 15) is 19.2 Å².